The predicted octanol–water partition coefficient (Wildman–Crippen LogP) is 1.61. The normalized spacial score (nSPS) is 29.5. The summed E-state index contributed by atoms with van der Waals surface area (Å²) >= 11 is 1.62. The van der Waals surface area contributed by atoms with Crippen molar-refractivity contribution < 1.29 is 13.9 Å². The molecule has 1 aromatic rings. The van der Waals surface area contributed by atoms with E-state index in [0.717, 1.165) is 17.1 Å². The van der Waals surface area contributed by atoms with Crippen LogP contribution in [0.3, 0.4) is 0 Å². The zero-order valence-electron chi connectivity index (χ0n) is 13.0. The number of likely N-dealkylation sites (tertiary alicyclic amines) is 1. The highest BCUT2D eigenvalue weighted by atomic mass is 32.1. The first kappa shape index (κ1) is 15.8. The second-order valence-corrected chi connectivity index (χ2v) is 7.25. The zero-order chi connectivity index (χ0) is 15.7. The van der Waals surface area contributed by atoms with Crippen molar-refractivity contribution in [2.75, 3.05) is 26.7 Å². The second kappa shape index (κ2) is 6.60. The van der Waals surface area contributed by atoms with E-state index in [1.165, 1.54) is 0 Å². The molecule has 0 saturated carbocycles. The maximum absolute atomic E-state index is 13.9. The first-order valence-corrected chi connectivity index (χ1v) is 8.57. The van der Waals surface area contributed by atoms with E-state index in [-0.39, 0.29) is 18.1 Å². The number of rotatable bonds is 5. The molecule has 1 aromatic heterocycles. The van der Waals surface area contributed by atoms with Gasteiger partial charge in [0.1, 0.15) is 12.2 Å². The average molecular weight is 327 g/mol. The van der Waals surface area contributed by atoms with E-state index >= 15 is 0 Å². The van der Waals surface area contributed by atoms with Crippen LogP contribution < -0.4 is 0 Å². The van der Waals surface area contributed by atoms with Gasteiger partial charge in [-0.25, -0.2) is 9.37 Å². The fourth-order valence-electron chi connectivity index (χ4n) is 3.34. The molecule has 122 valence electrons. The van der Waals surface area contributed by atoms with Crippen molar-refractivity contribution in [1.29, 1.82) is 0 Å². The van der Waals surface area contributed by atoms with E-state index in [2.05, 4.69) is 9.88 Å². The summed E-state index contributed by atoms with van der Waals surface area (Å²) in [6, 6.07) is -0.0579. The molecular weight excluding hydrogens is 305 g/mol. The van der Waals surface area contributed by atoms with Crippen molar-refractivity contribution in [3.8, 4) is 0 Å². The number of aryl methyl sites for hydroxylation is 1. The smallest absolute Gasteiger partial charge is 0.323 e. The Labute approximate surface area is 134 Å². The molecule has 2 aliphatic rings. The molecule has 0 aliphatic carbocycles. The van der Waals surface area contributed by atoms with Gasteiger partial charge >= 0.3 is 5.97 Å². The van der Waals surface area contributed by atoms with Crippen LogP contribution in [0, 0.1) is 6.92 Å². The fourth-order valence-corrected chi connectivity index (χ4v) is 3.94. The van der Waals surface area contributed by atoms with Gasteiger partial charge in [0.05, 0.1) is 17.3 Å². The monoisotopic (exact) mass is 327 g/mol. The maximum Gasteiger partial charge on any atom is 0.323 e. The maximum atomic E-state index is 13.9. The number of ether oxygens (including phenoxy) is 1. The van der Waals surface area contributed by atoms with Crippen LogP contribution in [0.25, 0.3) is 0 Å². The van der Waals surface area contributed by atoms with Gasteiger partial charge in [0, 0.05) is 37.5 Å². The molecule has 3 heterocycles. The summed E-state index contributed by atoms with van der Waals surface area (Å²) in [6.07, 6.45) is 0.454. The molecule has 3 atom stereocenters. The Morgan fingerprint density at radius 1 is 1.59 bits per heavy atom. The van der Waals surface area contributed by atoms with Gasteiger partial charge in [-0.05, 0) is 20.4 Å². The van der Waals surface area contributed by atoms with Gasteiger partial charge in [-0.1, -0.05) is 0 Å². The molecule has 0 amide bonds. The topological polar surface area (TPSA) is 45.7 Å². The number of cyclic esters (lactones) is 1. The predicted molar refractivity (Wildman–Crippen MR) is 82.6 cm³/mol. The Morgan fingerprint density at radius 2 is 2.41 bits per heavy atom. The van der Waals surface area contributed by atoms with E-state index in [4.69, 9.17) is 4.74 Å². The van der Waals surface area contributed by atoms with Gasteiger partial charge in [-0.2, -0.15) is 0 Å². The molecule has 0 radical (unpaired) electrons. The number of alkyl halides is 1. The van der Waals surface area contributed by atoms with Gasteiger partial charge in [-0.15, -0.1) is 11.3 Å². The Balaban J connectivity index is 1.61. The van der Waals surface area contributed by atoms with Crippen LogP contribution >= 0.6 is 11.3 Å². The van der Waals surface area contributed by atoms with Crippen LogP contribution in [0.5, 0.6) is 0 Å². The van der Waals surface area contributed by atoms with Crippen LogP contribution in [-0.4, -0.2) is 65.8 Å². The Hall–Kier alpha value is -1.05. The van der Waals surface area contributed by atoms with Crippen LogP contribution in [0.15, 0.2) is 5.38 Å². The number of carbonyl (C=O) groups is 1. The molecular formula is C15H22FN3O2S. The standard InChI is InChI=1S/C15H22FN3O2S/c1-10-17-12(9-22-10)7-19-6-11(16)5-13(19)8-18(2)14-3-4-21-15(14)20/h9,11,13-14H,3-8H2,1-2H3/t11-,13-,14?/m0/s1. The Kier molecular flexibility index (Phi) is 4.75. The second-order valence-electron chi connectivity index (χ2n) is 6.19. The molecule has 0 bridgehead atoms. The van der Waals surface area contributed by atoms with Crippen molar-refractivity contribution in [3.63, 3.8) is 0 Å². The number of likely N-dealkylation sites (N-methyl/N-ethyl adjacent to an activating group) is 1. The summed E-state index contributed by atoms with van der Waals surface area (Å²) in [5, 5.41) is 3.07. The number of carbonyl (C=O) groups excluding carboxylic acids is 1. The SMILES string of the molecule is Cc1nc(CN2C[C@@H](F)C[C@H]2CN(C)C2CCOC2=O)cs1. The van der Waals surface area contributed by atoms with E-state index in [9.17, 15) is 9.18 Å². The molecule has 0 aromatic carbocycles. The molecule has 5 nitrogen and oxygen atoms in total. The molecule has 2 fully saturated rings. The average Bonchev–Trinajstić information content (AvgIpc) is 3.13. The van der Waals surface area contributed by atoms with Crippen molar-refractivity contribution >= 4 is 17.3 Å². The van der Waals surface area contributed by atoms with Gasteiger partial charge in [-0.3, -0.25) is 14.6 Å². The van der Waals surface area contributed by atoms with E-state index in [1.54, 1.807) is 11.3 Å². The lowest BCUT2D eigenvalue weighted by Gasteiger charge is -2.29. The number of thiazole rings is 1. The lowest BCUT2D eigenvalue weighted by molar-refractivity contribution is -0.142. The number of halogens is 1. The largest absolute Gasteiger partial charge is 0.464 e. The molecule has 22 heavy (non-hydrogen) atoms. The van der Waals surface area contributed by atoms with E-state index < -0.39 is 6.17 Å². The highest BCUT2D eigenvalue weighted by molar-refractivity contribution is 7.09. The quantitative estimate of drug-likeness (QED) is 0.769. The molecule has 1 unspecified atom stereocenters. The Bertz CT molecular complexity index is 539. The van der Waals surface area contributed by atoms with Crippen molar-refractivity contribution in [3.05, 3.63) is 16.1 Å². The van der Waals surface area contributed by atoms with Crippen molar-refractivity contribution in [2.45, 2.75) is 44.6 Å². The lowest BCUT2D eigenvalue weighted by Crippen LogP contribution is -2.44. The fraction of sp³-hybridized carbons (Fsp3) is 0.733. The zero-order valence-corrected chi connectivity index (χ0v) is 13.8. The van der Waals surface area contributed by atoms with Crippen LogP contribution in [-0.2, 0) is 16.1 Å². The number of hydrogen-bond donors (Lipinski definition) is 0. The highest BCUT2D eigenvalue weighted by Crippen LogP contribution is 2.25. The third-order valence-electron chi connectivity index (χ3n) is 4.45. The number of nitrogens with zero attached hydrogens (tertiary/aromatic N) is 3. The summed E-state index contributed by atoms with van der Waals surface area (Å²) in [6.45, 7) is 4.28. The van der Waals surface area contributed by atoms with Gasteiger partial charge < -0.3 is 4.74 Å². The Morgan fingerprint density at radius 3 is 3.05 bits per heavy atom. The van der Waals surface area contributed by atoms with Crippen LogP contribution in [0.2, 0.25) is 0 Å². The molecule has 7 heteroatoms. The summed E-state index contributed by atoms with van der Waals surface area (Å²) in [5.41, 5.74) is 1.00. The number of hydrogen-bond acceptors (Lipinski definition) is 6. The minimum Gasteiger partial charge on any atom is -0.464 e. The first-order valence-electron chi connectivity index (χ1n) is 7.69. The lowest BCUT2D eigenvalue weighted by atomic mass is 10.1. The third kappa shape index (κ3) is 3.47. The van der Waals surface area contributed by atoms with E-state index in [0.29, 0.717) is 32.7 Å². The highest BCUT2D eigenvalue weighted by Gasteiger charge is 2.37. The molecule has 0 N–H and O–H groups in total. The van der Waals surface area contributed by atoms with Gasteiger partial charge in [0.15, 0.2) is 0 Å². The number of esters is 1. The summed E-state index contributed by atoms with van der Waals surface area (Å²) in [7, 11) is 1.92. The summed E-state index contributed by atoms with van der Waals surface area (Å²) in [4.78, 5) is 20.3. The van der Waals surface area contributed by atoms with Gasteiger partial charge in [0.2, 0.25) is 0 Å². The first-order chi connectivity index (χ1) is 10.5. The van der Waals surface area contributed by atoms with Gasteiger partial charge in [0.25, 0.3) is 0 Å². The van der Waals surface area contributed by atoms with Crippen molar-refractivity contribution in [2.24, 2.45) is 0 Å². The molecule has 0 spiro atoms. The molecule has 3 rings (SSSR count). The third-order valence-corrected chi connectivity index (χ3v) is 5.27. The van der Waals surface area contributed by atoms with E-state index in [1.807, 2.05) is 24.3 Å². The summed E-state index contributed by atoms with van der Waals surface area (Å²) < 4.78 is 18.9. The minimum atomic E-state index is -0.798. The summed E-state index contributed by atoms with van der Waals surface area (Å²) in [5.74, 6) is -0.154. The van der Waals surface area contributed by atoms with Crippen molar-refractivity contribution in [1.82, 2.24) is 14.8 Å². The van der Waals surface area contributed by atoms with Crippen LogP contribution in [0.1, 0.15) is 23.5 Å². The molecule has 2 aliphatic heterocycles. The number of aromatic nitrogens is 1. The minimum absolute atomic E-state index is 0.121. The molecule has 2 saturated heterocycles. The van der Waals surface area contributed by atoms with Crippen LogP contribution in [0.4, 0.5) is 4.39 Å².